The molecule has 0 unspecified atom stereocenters. The predicted molar refractivity (Wildman–Crippen MR) is 108 cm³/mol. The molecular weight excluding hydrogens is 343 g/mol. The molecular formula is C21H19N2O2P. The lowest BCUT2D eigenvalue weighted by molar-refractivity contribution is -0.110. The Balaban J connectivity index is 2.15. The molecule has 0 saturated heterocycles. The maximum absolute atomic E-state index is 14.2. The Hall–Kier alpha value is -2.97. The van der Waals surface area contributed by atoms with Crippen LogP contribution in [0.3, 0.4) is 0 Å². The van der Waals surface area contributed by atoms with E-state index in [1.54, 1.807) is 24.3 Å². The van der Waals surface area contributed by atoms with E-state index in [1.807, 2.05) is 66.7 Å². The first-order valence-electron chi connectivity index (χ1n) is 8.24. The monoisotopic (exact) mass is 362 g/mol. The average molecular weight is 362 g/mol. The summed E-state index contributed by atoms with van der Waals surface area (Å²) in [6.45, 7) is 1.39. The van der Waals surface area contributed by atoms with Crippen LogP contribution in [0.5, 0.6) is 0 Å². The van der Waals surface area contributed by atoms with Gasteiger partial charge in [-0.3, -0.25) is 10.2 Å². The van der Waals surface area contributed by atoms with Crippen LogP contribution in [0.4, 0.5) is 5.69 Å². The molecule has 130 valence electrons. The van der Waals surface area contributed by atoms with Crippen LogP contribution in [0.25, 0.3) is 0 Å². The molecule has 3 aromatic carbocycles. The normalized spacial score (nSPS) is 11.8. The zero-order chi connectivity index (χ0) is 18.4. The Morgan fingerprint density at radius 2 is 1.19 bits per heavy atom. The molecule has 0 fully saturated rings. The SMILES string of the molecule is CC(=O)/C(=N\Nc1ccccc1)P(=O)(c1ccccc1)c1ccccc1. The van der Waals surface area contributed by atoms with Gasteiger partial charge in [-0.25, -0.2) is 0 Å². The molecule has 0 atom stereocenters. The van der Waals surface area contributed by atoms with Crippen LogP contribution in [-0.2, 0) is 9.36 Å². The Labute approximate surface area is 153 Å². The van der Waals surface area contributed by atoms with E-state index in [-0.39, 0.29) is 11.2 Å². The standard InChI is InChI=1S/C21H19N2O2P/c1-17(24)21(23-22-18-11-5-2-6-12-18)26(25,19-13-7-3-8-14-19)20-15-9-4-10-16-20/h2-16,22H,1H3/b23-21+. The molecule has 0 bridgehead atoms. The summed E-state index contributed by atoms with van der Waals surface area (Å²) in [7, 11) is -3.39. The molecule has 0 amide bonds. The first kappa shape index (κ1) is 17.8. The summed E-state index contributed by atoms with van der Waals surface area (Å²) in [5, 5.41) is 5.43. The molecule has 26 heavy (non-hydrogen) atoms. The molecule has 0 heterocycles. The summed E-state index contributed by atoms with van der Waals surface area (Å²) in [4.78, 5) is 12.4. The van der Waals surface area contributed by atoms with Crippen molar-refractivity contribution in [1.82, 2.24) is 0 Å². The zero-order valence-corrected chi connectivity index (χ0v) is 15.3. The second kappa shape index (κ2) is 7.94. The van der Waals surface area contributed by atoms with Gasteiger partial charge in [0, 0.05) is 17.5 Å². The summed E-state index contributed by atoms with van der Waals surface area (Å²) in [6.07, 6.45) is 0. The lowest BCUT2D eigenvalue weighted by Crippen LogP contribution is -2.27. The van der Waals surface area contributed by atoms with Crippen molar-refractivity contribution in [3.8, 4) is 0 Å². The Kier molecular flexibility index (Phi) is 5.45. The molecule has 0 radical (unpaired) electrons. The van der Waals surface area contributed by atoms with Crippen LogP contribution in [0.2, 0.25) is 0 Å². The molecule has 0 aliphatic rings. The average Bonchev–Trinajstić information content (AvgIpc) is 2.70. The van der Waals surface area contributed by atoms with Crippen LogP contribution in [0, 0.1) is 0 Å². The third-order valence-corrected chi connectivity index (χ3v) is 6.98. The van der Waals surface area contributed by atoms with Crippen molar-refractivity contribution in [1.29, 1.82) is 0 Å². The van der Waals surface area contributed by atoms with E-state index >= 15 is 0 Å². The minimum absolute atomic E-state index is 0.0266. The van der Waals surface area contributed by atoms with Gasteiger partial charge in [-0.05, 0) is 12.1 Å². The molecule has 4 nitrogen and oxygen atoms in total. The van der Waals surface area contributed by atoms with E-state index in [2.05, 4.69) is 10.5 Å². The molecule has 0 aromatic heterocycles. The van der Waals surface area contributed by atoms with Gasteiger partial charge in [0.1, 0.15) is 0 Å². The summed E-state index contributed by atoms with van der Waals surface area (Å²) in [5.74, 6) is -0.329. The van der Waals surface area contributed by atoms with Gasteiger partial charge in [0.05, 0.1) is 5.69 Å². The van der Waals surface area contributed by atoms with Crippen molar-refractivity contribution in [2.45, 2.75) is 6.92 Å². The number of nitrogens with zero attached hydrogens (tertiary/aromatic N) is 1. The van der Waals surface area contributed by atoms with Crippen molar-refractivity contribution >= 4 is 34.7 Å². The number of carbonyl (C=O) groups excluding carboxylic acids is 1. The van der Waals surface area contributed by atoms with Gasteiger partial charge >= 0.3 is 0 Å². The molecule has 0 aliphatic heterocycles. The van der Waals surface area contributed by atoms with Crippen molar-refractivity contribution in [2.24, 2.45) is 5.10 Å². The van der Waals surface area contributed by atoms with Crippen LogP contribution in [-0.4, -0.2) is 11.2 Å². The van der Waals surface area contributed by atoms with E-state index in [9.17, 15) is 9.36 Å². The van der Waals surface area contributed by atoms with Crippen molar-refractivity contribution in [3.05, 3.63) is 91.0 Å². The Bertz CT molecular complexity index is 912. The smallest absolute Gasteiger partial charge is 0.193 e. The highest BCUT2D eigenvalue weighted by atomic mass is 31.2. The molecule has 3 rings (SSSR count). The van der Waals surface area contributed by atoms with Gasteiger partial charge < -0.3 is 4.57 Å². The predicted octanol–water partition coefficient (Wildman–Crippen LogP) is 4.02. The minimum atomic E-state index is -3.39. The van der Waals surface area contributed by atoms with Gasteiger partial charge in [-0.15, -0.1) is 0 Å². The highest BCUT2D eigenvalue weighted by Crippen LogP contribution is 2.45. The molecule has 5 heteroatoms. The van der Waals surface area contributed by atoms with Crippen LogP contribution in [0.1, 0.15) is 6.92 Å². The zero-order valence-electron chi connectivity index (χ0n) is 14.4. The number of hydrazone groups is 1. The number of Topliss-reactive ketones (excluding diaryl/α,β-unsaturated/α-hetero) is 1. The molecule has 0 spiro atoms. The van der Waals surface area contributed by atoms with E-state index < -0.39 is 7.14 Å². The fraction of sp³-hybridized carbons (Fsp3) is 0.0476. The fourth-order valence-electron chi connectivity index (χ4n) is 2.67. The maximum atomic E-state index is 14.2. The number of anilines is 1. The summed E-state index contributed by atoms with van der Waals surface area (Å²) in [6, 6.07) is 27.3. The number of rotatable bonds is 6. The summed E-state index contributed by atoms with van der Waals surface area (Å²) < 4.78 is 14.2. The molecule has 0 saturated carbocycles. The lowest BCUT2D eigenvalue weighted by atomic mass is 10.3. The number of para-hydroxylation sites is 1. The highest BCUT2D eigenvalue weighted by molar-refractivity contribution is 7.95. The first-order chi connectivity index (χ1) is 12.6. The number of benzene rings is 3. The maximum Gasteiger partial charge on any atom is 0.193 e. The number of hydrogen-bond acceptors (Lipinski definition) is 4. The fourth-order valence-corrected chi connectivity index (χ4v) is 5.28. The minimum Gasteiger partial charge on any atom is -0.307 e. The van der Waals surface area contributed by atoms with Crippen molar-refractivity contribution < 1.29 is 9.36 Å². The quantitative estimate of drug-likeness (QED) is 0.409. The molecule has 1 N–H and O–H groups in total. The number of nitrogens with one attached hydrogen (secondary N) is 1. The second-order valence-corrected chi connectivity index (χ2v) is 8.42. The van der Waals surface area contributed by atoms with E-state index in [0.717, 1.165) is 5.69 Å². The first-order valence-corrected chi connectivity index (χ1v) is 9.94. The Morgan fingerprint density at radius 3 is 1.62 bits per heavy atom. The topological polar surface area (TPSA) is 58.5 Å². The lowest BCUT2D eigenvalue weighted by Gasteiger charge is -2.20. The third kappa shape index (κ3) is 3.66. The summed E-state index contributed by atoms with van der Waals surface area (Å²) in [5.41, 5.74) is 3.61. The van der Waals surface area contributed by atoms with Gasteiger partial charge in [0.25, 0.3) is 0 Å². The van der Waals surface area contributed by atoms with Crippen molar-refractivity contribution in [3.63, 3.8) is 0 Å². The number of ketones is 1. The molecule has 3 aromatic rings. The van der Waals surface area contributed by atoms with Gasteiger partial charge in [0.15, 0.2) is 18.4 Å². The van der Waals surface area contributed by atoms with Crippen LogP contribution in [0.15, 0.2) is 96.1 Å². The van der Waals surface area contributed by atoms with Crippen molar-refractivity contribution in [2.75, 3.05) is 5.43 Å². The highest BCUT2D eigenvalue weighted by Gasteiger charge is 2.36. The third-order valence-electron chi connectivity index (χ3n) is 3.92. The van der Waals surface area contributed by atoms with Crippen LogP contribution >= 0.6 is 7.14 Å². The van der Waals surface area contributed by atoms with Crippen LogP contribution < -0.4 is 16.0 Å². The molecule has 0 aliphatic carbocycles. The summed E-state index contributed by atoms with van der Waals surface area (Å²) >= 11 is 0. The largest absolute Gasteiger partial charge is 0.307 e. The Morgan fingerprint density at radius 1 is 0.769 bits per heavy atom. The van der Waals surface area contributed by atoms with E-state index in [4.69, 9.17) is 0 Å². The van der Waals surface area contributed by atoms with E-state index in [0.29, 0.717) is 10.6 Å². The van der Waals surface area contributed by atoms with Gasteiger partial charge in [0.2, 0.25) is 0 Å². The second-order valence-electron chi connectivity index (χ2n) is 5.75. The van der Waals surface area contributed by atoms with Gasteiger partial charge in [-0.2, -0.15) is 5.10 Å². The number of carbonyl (C=O) groups is 1. The van der Waals surface area contributed by atoms with E-state index in [1.165, 1.54) is 6.92 Å². The number of hydrogen-bond donors (Lipinski definition) is 1. The van der Waals surface area contributed by atoms with Gasteiger partial charge in [-0.1, -0.05) is 78.9 Å².